The summed E-state index contributed by atoms with van der Waals surface area (Å²) in [5, 5.41) is 30.2. The zero-order chi connectivity index (χ0) is 15.1. The quantitative estimate of drug-likeness (QED) is 0.492. The number of benzene rings is 2. The van der Waals surface area contributed by atoms with Crippen LogP contribution < -0.4 is 0 Å². The minimum atomic E-state index is 0.0709. The highest BCUT2D eigenvalue weighted by Crippen LogP contribution is 2.36. The molecule has 22 heavy (non-hydrogen) atoms. The van der Waals surface area contributed by atoms with Gasteiger partial charge in [0.15, 0.2) is 5.01 Å². The lowest BCUT2D eigenvalue weighted by Crippen LogP contribution is -1.79. The molecule has 0 amide bonds. The maximum Gasteiger partial charge on any atom is 0.151 e. The molecule has 0 spiro atoms. The summed E-state index contributed by atoms with van der Waals surface area (Å²) in [6.07, 6.45) is 1.89. The number of aromatic nitrogens is 3. The number of H-pyrrole nitrogens is 1. The van der Waals surface area contributed by atoms with Crippen LogP contribution in [0.2, 0.25) is 0 Å². The second-order valence-corrected chi connectivity index (χ2v) is 5.87. The number of nitrogens with zero attached hydrogens (tertiary/aromatic N) is 2. The van der Waals surface area contributed by atoms with Crippen molar-refractivity contribution in [3.63, 3.8) is 0 Å². The fourth-order valence-corrected chi connectivity index (χ4v) is 3.20. The van der Waals surface area contributed by atoms with Gasteiger partial charge in [-0.15, -0.1) is 10.2 Å². The van der Waals surface area contributed by atoms with Gasteiger partial charge in [-0.2, -0.15) is 0 Å². The topological polar surface area (TPSA) is 82.0 Å². The number of aromatic amines is 1. The average Bonchev–Trinajstić information content (AvgIpc) is 3.17. The first-order valence-corrected chi connectivity index (χ1v) is 7.46. The van der Waals surface area contributed by atoms with Crippen molar-refractivity contribution in [2.45, 2.75) is 0 Å². The Kier molecular flexibility index (Phi) is 2.83. The van der Waals surface area contributed by atoms with Crippen molar-refractivity contribution < 1.29 is 10.2 Å². The highest BCUT2D eigenvalue weighted by Gasteiger charge is 2.13. The number of hydrogen-bond donors (Lipinski definition) is 3. The number of phenols is 2. The molecule has 4 rings (SSSR count). The van der Waals surface area contributed by atoms with E-state index in [9.17, 15) is 10.2 Å². The van der Waals surface area contributed by atoms with Gasteiger partial charge in [0, 0.05) is 22.7 Å². The molecule has 0 saturated heterocycles. The van der Waals surface area contributed by atoms with Gasteiger partial charge in [-0.05, 0) is 42.5 Å². The third-order valence-corrected chi connectivity index (χ3v) is 4.44. The molecule has 5 nitrogen and oxygen atoms in total. The van der Waals surface area contributed by atoms with Crippen LogP contribution in [0.25, 0.3) is 32.0 Å². The summed E-state index contributed by atoms with van der Waals surface area (Å²) >= 11 is 1.37. The van der Waals surface area contributed by atoms with E-state index in [1.807, 2.05) is 30.5 Å². The highest BCUT2D eigenvalue weighted by molar-refractivity contribution is 7.18. The monoisotopic (exact) mass is 309 g/mol. The Morgan fingerprint density at radius 2 is 1.77 bits per heavy atom. The van der Waals surface area contributed by atoms with Crippen molar-refractivity contribution in [3.05, 3.63) is 48.7 Å². The number of hydrogen-bond acceptors (Lipinski definition) is 5. The van der Waals surface area contributed by atoms with Gasteiger partial charge in [0.1, 0.15) is 16.5 Å². The molecule has 0 fully saturated rings. The molecule has 2 aromatic heterocycles. The smallest absolute Gasteiger partial charge is 0.151 e. The molecule has 0 radical (unpaired) electrons. The van der Waals surface area contributed by atoms with E-state index in [2.05, 4.69) is 15.2 Å². The molecule has 0 aliphatic carbocycles. The molecule has 6 heteroatoms. The van der Waals surface area contributed by atoms with Gasteiger partial charge in [0.25, 0.3) is 0 Å². The predicted octanol–water partition coefficient (Wildman–Crippen LogP) is 3.76. The fraction of sp³-hybridized carbons (Fsp3) is 0. The minimum Gasteiger partial charge on any atom is -0.508 e. The van der Waals surface area contributed by atoms with Crippen LogP contribution in [-0.4, -0.2) is 25.4 Å². The van der Waals surface area contributed by atoms with E-state index in [0.717, 1.165) is 21.5 Å². The normalized spacial score (nSPS) is 11.1. The van der Waals surface area contributed by atoms with Gasteiger partial charge in [-0.25, -0.2) is 0 Å². The Morgan fingerprint density at radius 1 is 0.909 bits per heavy atom. The molecular formula is C16H11N3O2S. The number of fused-ring (bicyclic) bond motifs is 1. The summed E-state index contributed by atoms with van der Waals surface area (Å²) in [6.45, 7) is 0. The molecule has 108 valence electrons. The van der Waals surface area contributed by atoms with Gasteiger partial charge in [0.05, 0.1) is 5.56 Å². The van der Waals surface area contributed by atoms with Crippen molar-refractivity contribution in [2.24, 2.45) is 0 Å². The Hall–Kier alpha value is -2.86. The van der Waals surface area contributed by atoms with E-state index >= 15 is 0 Å². The first-order valence-electron chi connectivity index (χ1n) is 6.64. The van der Waals surface area contributed by atoms with Crippen LogP contribution in [-0.2, 0) is 0 Å². The van der Waals surface area contributed by atoms with Crippen molar-refractivity contribution >= 4 is 22.2 Å². The standard InChI is InChI=1S/C16H11N3O2S/c20-11-2-4-14(21)12(8-11)16-19-18-15(22-16)10-1-3-13-9(7-10)5-6-17-13/h1-8,17,20-21H. The molecule has 0 aliphatic rings. The molecule has 0 atom stereocenters. The Balaban J connectivity index is 1.78. The van der Waals surface area contributed by atoms with E-state index in [4.69, 9.17) is 0 Å². The third kappa shape index (κ3) is 2.10. The number of aromatic hydroxyl groups is 2. The van der Waals surface area contributed by atoms with Crippen LogP contribution in [0.15, 0.2) is 48.7 Å². The molecular weight excluding hydrogens is 298 g/mol. The van der Waals surface area contributed by atoms with Gasteiger partial charge >= 0.3 is 0 Å². The molecule has 0 saturated carbocycles. The Morgan fingerprint density at radius 3 is 2.68 bits per heavy atom. The lowest BCUT2D eigenvalue weighted by Gasteiger charge is -2.00. The van der Waals surface area contributed by atoms with Gasteiger partial charge in [0.2, 0.25) is 0 Å². The van der Waals surface area contributed by atoms with Gasteiger partial charge in [-0.3, -0.25) is 0 Å². The van der Waals surface area contributed by atoms with Crippen LogP contribution in [0.5, 0.6) is 11.5 Å². The van der Waals surface area contributed by atoms with E-state index < -0.39 is 0 Å². The van der Waals surface area contributed by atoms with Crippen LogP contribution >= 0.6 is 11.3 Å². The lowest BCUT2D eigenvalue weighted by atomic mass is 10.2. The Labute approximate surface area is 129 Å². The van der Waals surface area contributed by atoms with E-state index in [1.54, 1.807) is 0 Å². The highest BCUT2D eigenvalue weighted by atomic mass is 32.1. The average molecular weight is 309 g/mol. The van der Waals surface area contributed by atoms with E-state index in [0.29, 0.717) is 10.6 Å². The van der Waals surface area contributed by atoms with Crippen LogP contribution in [0, 0.1) is 0 Å². The molecule has 4 aromatic rings. The third-order valence-electron chi connectivity index (χ3n) is 3.44. The van der Waals surface area contributed by atoms with Gasteiger partial charge < -0.3 is 15.2 Å². The largest absolute Gasteiger partial charge is 0.508 e. The molecule has 2 aromatic carbocycles. The first-order chi connectivity index (χ1) is 10.7. The number of rotatable bonds is 2. The van der Waals surface area contributed by atoms with Crippen molar-refractivity contribution in [3.8, 4) is 32.6 Å². The number of phenolic OH excluding ortho intramolecular Hbond substituents is 2. The zero-order valence-corrected chi connectivity index (χ0v) is 12.1. The van der Waals surface area contributed by atoms with Gasteiger partial charge in [-0.1, -0.05) is 11.3 Å². The fourth-order valence-electron chi connectivity index (χ4n) is 2.33. The molecule has 0 bridgehead atoms. The summed E-state index contributed by atoms with van der Waals surface area (Å²) in [7, 11) is 0. The lowest BCUT2D eigenvalue weighted by molar-refractivity contribution is 0.462. The molecule has 0 unspecified atom stereocenters. The second kappa shape index (κ2) is 4.85. The molecule has 2 heterocycles. The zero-order valence-electron chi connectivity index (χ0n) is 11.3. The van der Waals surface area contributed by atoms with Crippen LogP contribution in [0.3, 0.4) is 0 Å². The number of nitrogens with one attached hydrogen (secondary N) is 1. The van der Waals surface area contributed by atoms with E-state index in [1.165, 1.54) is 29.5 Å². The van der Waals surface area contributed by atoms with Crippen molar-refractivity contribution in [2.75, 3.05) is 0 Å². The maximum atomic E-state index is 9.91. The van der Waals surface area contributed by atoms with Crippen LogP contribution in [0.1, 0.15) is 0 Å². The first kappa shape index (κ1) is 12.8. The van der Waals surface area contributed by atoms with Crippen molar-refractivity contribution in [1.29, 1.82) is 0 Å². The Bertz CT molecular complexity index is 974. The minimum absolute atomic E-state index is 0.0709. The van der Waals surface area contributed by atoms with Crippen molar-refractivity contribution in [1.82, 2.24) is 15.2 Å². The maximum absolute atomic E-state index is 9.91. The van der Waals surface area contributed by atoms with Crippen LogP contribution in [0.4, 0.5) is 0 Å². The summed E-state index contributed by atoms with van der Waals surface area (Å²) in [5.74, 6) is 0.153. The summed E-state index contributed by atoms with van der Waals surface area (Å²) in [5.41, 5.74) is 2.51. The molecule has 3 N–H and O–H groups in total. The summed E-state index contributed by atoms with van der Waals surface area (Å²) in [4.78, 5) is 3.15. The second-order valence-electron chi connectivity index (χ2n) is 4.89. The van der Waals surface area contributed by atoms with E-state index in [-0.39, 0.29) is 11.5 Å². The summed E-state index contributed by atoms with van der Waals surface area (Å²) in [6, 6.07) is 12.4. The molecule has 0 aliphatic heterocycles. The predicted molar refractivity (Wildman–Crippen MR) is 86.0 cm³/mol. The summed E-state index contributed by atoms with van der Waals surface area (Å²) < 4.78 is 0. The SMILES string of the molecule is Oc1ccc(O)c(-c2nnc(-c3ccc4[nH]ccc4c3)s2)c1.